The van der Waals surface area contributed by atoms with E-state index in [1.807, 2.05) is 4.90 Å². The molecule has 0 spiro atoms. The second-order valence-electron chi connectivity index (χ2n) is 4.83. The average molecular weight is 274 g/mol. The van der Waals surface area contributed by atoms with Gasteiger partial charge in [0.05, 0.1) is 34.8 Å². The molecule has 3 rings (SSSR count). The standard InChI is InChI=1S/C13H14N4O3/c18-8-10-2-1-5-16(10)13-7-14-12-6-9(17(19)20)3-4-11(12)15-13/h3-4,6-7,10,18H,1-2,5,8H2. The lowest BCUT2D eigenvalue weighted by molar-refractivity contribution is -0.384. The number of rotatable bonds is 3. The summed E-state index contributed by atoms with van der Waals surface area (Å²) in [6.45, 7) is 0.943. The van der Waals surface area contributed by atoms with E-state index in [-0.39, 0.29) is 18.3 Å². The minimum Gasteiger partial charge on any atom is -0.394 e. The number of hydrogen-bond donors (Lipinski definition) is 1. The van der Waals surface area contributed by atoms with E-state index in [9.17, 15) is 15.2 Å². The first-order valence-corrected chi connectivity index (χ1v) is 6.48. The molecule has 20 heavy (non-hydrogen) atoms. The molecule has 1 fully saturated rings. The Morgan fingerprint density at radius 2 is 2.30 bits per heavy atom. The average Bonchev–Trinajstić information content (AvgIpc) is 2.94. The maximum absolute atomic E-state index is 10.7. The molecule has 7 nitrogen and oxygen atoms in total. The van der Waals surface area contributed by atoms with E-state index in [1.165, 1.54) is 12.1 Å². The number of nitrogens with zero attached hydrogens (tertiary/aromatic N) is 4. The predicted octanol–water partition coefficient (Wildman–Crippen LogP) is 1.50. The summed E-state index contributed by atoms with van der Waals surface area (Å²) in [5.41, 5.74) is 1.13. The number of fused-ring (bicyclic) bond motifs is 1. The maximum atomic E-state index is 10.7. The zero-order valence-electron chi connectivity index (χ0n) is 10.8. The first kappa shape index (κ1) is 12.7. The van der Waals surface area contributed by atoms with E-state index in [0.29, 0.717) is 16.9 Å². The molecule has 2 aromatic rings. The largest absolute Gasteiger partial charge is 0.394 e. The minimum absolute atomic E-state index is 0.00829. The van der Waals surface area contributed by atoms with Crippen LogP contribution in [0.4, 0.5) is 11.5 Å². The number of anilines is 1. The minimum atomic E-state index is -0.447. The van der Waals surface area contributed by atoms with Gasteiger partial charge in [-0.25, -0.2) is 4.98 Å². The molecule has 1 saturated heterocycles. The molecule has 1 N–H and O–H groups in total. The lowest BCUT2D eigenvalue weighted by atomic mass is 10.2. The van der Waals surface area contributed by atoms with Crippen molar-refractivity contribution >= 4 is 22.5 Å². The summed E-state index contributed by atoms with van der Waals surface area (Å²) >= 11 is 0. The van der Waals surface area contributed by atoms with Crippen LogP contribution in [0.15, 0.2) is 24.4 Å². The molecule has 0 saturated carbocycles. The summed E-state index contributed by atoms with van der Waals surface area (Å²) in [4.78, 5) is 21.0. The van der Waals surface area contributed by atoms with Gasteiger partial charge in [-0.05, 0) is 18.9 Å². The first-order chi connectivity index (χ1) is 9.69. The van der Waals surface area contributed by atoms with Crippen molar-refractivity contribution in [2.24, 2.45) is 0 Å². The molecule has 0 aliphatic carbocycles. The van der Waals surface area contributed by atoms with E-state index >= 15 is 0 Å². The van der Waals surface area contributed by atoms with Crippen LogP contribution in [0.5, 0.6) is 0 Å². The van der Waals surface area contributed by atoms with Gasteiger partial charge in [0.2, 0.25) is 0 Å². The van der Waals surface area contributed by atoms with Crippen LogP contribution in [0, 0.1) is 10.1 Å². The Bertz CT molecular complexity index is 661. The van der Waals surface area contributed by atoms with Crippen molar-refractivity contribution in [3.8, 4) is 0 Å². The quantitative estimate of drug-likeness (QED) is 0.673. The summed E-state index contributed by atoms with van der Waals surface area (Å²) < 4.78 is 0. The SMILES string of the molecule is O=[N+]([O-])c1ccc2nc(N3CCCC3CO)cnc2c1. The number of nitro benzene ring substituents is 1. The van der Waals surface area contributed by atoms with E-state index in [0.717, 1.165) is 19.4 Å². The number of non-ortho nitro benzene ring substituents is 1. The van der Waals surface area contributed by atoms with Gasteiger partial charge >= 0.3 is 0 Å². The van der Waals surface area contributed by atoms with Gasteiger partial charge in [-0.1, -0.05) is 0 Å². The van der Waals surface area contributed by atoms with Gasteiger partial charge in [0.1, 0.15) is 5.82 Å². The van der Waals surface area contributed by atoms with Gasteiger partial charge in [-0.2, -0.15) is 0 Å². The highest BCUT2D eigenvalue weighted by Gasteiger charge is 2.25. The molecule has 1 atom stereocenters. The molecule has 1 aliphatic heterocycles. The van der Waals surface area contributed by atoms with Gasteiger partial charge in [-0.15, -0.1) is 0 Å². The van der Waals surface area contributed by atoms with Crippen molar-refractivity contribution in [1.29, 1.82) is 0 Å². The maximum Gasteiger partial charge on any atom is 0.271 e. The number of benzene rings is 1. The van der Waals surface area contributed by atoms with Crippen LogP contribution < -0.4 is 4.90 Å². The van der Waals surface area contributed by atoms with Crippen molar-refractivity contribution in [1.82, 2.24) is 9.97 Å². The van der Waals surface area contributed by atoms with Gasteiger partial charge in [0.15, 0.2) is 0 Å². The second kappa shape index (κ2) is 5.01. The van der Waals surface area contributed by atoms with E-state index in [4.69, 9.17) is 0 Å². The lowest BCUT2D eigenvalue weighted by Crippen LogP contribution is -2.32. The van der Waals surface area contributed by atoms with Crippen LogP contribution >= 0.6 is 0 Å². The highest BCUT2D eigenvalue weighted by Crippen LogP contribution is 2.25. The smallest absolute Gasteiger partial charge is 0.271 e. The Kier molecular flexibility index (Phi) is 3.19. The van der Waals surface area contributed by atoms with Crippen molar-refractivity contribution in [3.05, 3.63) is 34.5 Å². The lowest BCUT2D eigenvalue weighted by Gasteiger charge is -2.23. The molecule has 7 heteroatoms. The number of aliphatic hydroxyl groups excluding tert-OH is 1. The Balaban J connectivity index is 1.99. The van der Waals surface area contributed by atoms with Crippen LogP contribution in [0.3, 0.4) is 0 Å². The predicted molar refractivity (Wildman–Crippen MR) is 73.6 cm³/mol. The fourth-order valence-electron chi connectivity index (χ4n) is 2.57. The zero-order valence-corrected chi connectivity index (χ0v) is 10.8. The highest BCUT2D eigenvalue weighted by atomic mass is 16.6. The van der Waals surface area contributed by atoms with Crippen molar-refractivity contribution in [2.75, 3.05) is 18.1 Å². The Morgan fingerprint density at radius 3 is 3.05 bits per heavy atom. The summed E-state index contributed by atoms with van der Waals surface area (Å²) in [5, 5.41) is 20.1. The molecular formula is C13H14N4O3. The molecule has 1 aromatic heterocycles. The van der Waals surface area contributed by atoms with Crippen molar-refractivity contribution in [2.45, 2.75) is 18.9 Å². The molecule has 0 amide bonds. The Labute approximate surface area is 115 Å². The molecule has 2 heterocycles. The summed E-state index contributed by atoms with van der Waals surface area (Å²) in [6.07, 6.45) is 3.57. The number of hydrogen-bond acceptors (Lipinski definition) is 6. The van der Waals surface area contributed by atoms with E-state index in [2.05, 4.69) is 9.97 Å². The van der Waals surface area contributed by atoms with E-state index < -0.39 is 4.92 Å². The summed E-state index contributed by atoms with van der Waals surface area (Å²) in [5.74, 6) is 0.711. The van der Waals surface area contributed by atoms with Crippen LogP contribution in [0.2, 0.25) is 0 Å². The normalized spacial score (nSPS) is 18.6. The first-order valence-electron chi connectivity index (χ1n) is 6.48. The molecule has 0 bridgehead atoms. The third-order valence-corrected chi connectivity index (χ3v) is 3.61. The zero-order chi connectivity index (χ0) is 14.1. The third kappa shape index (κ3) is 2.16. The van der Waals surface area contributed by atoms with Gasteiger partial charge in [-0.3, -0.25) is 15.1 Å². The fraction of sp³-hybridized carbons (Fsp3) is 0.385. The number of nitro groups is 1. The van der Waals surface area contributed by atoms with Gasteiger partial charge in [0, 0.05) is 18.7 Å². The van der Waals surface area contributed by atoms with Crippen molar-refractivity contribution < 1.29 is 10.0 Å². The van der Waals surface area contributed by atoms with Crippen molar-refractivity contribution in [3.63, 3.8) is 0 Å². The fourth-order valence-corrected chi connectivity index (χ4v) is 2.57. The van der Waals surface area contributed by atoms with Gasteiger partial charge in [0.25, 0.3) is 5.69 Å². The molecule has 104 valence electrons. The van der Waals surface area contributed by atoms with Crippen LogP contribution in [-0.2, 0) is 0 Å². The monoisotopic (exact) mass is 274 g/mol. The van der Waals surface area contributed by atoms with Crippen LogP contribution in [0.1, 0.15) is 12.8 Å². The molecule has 1 aliphatic rings. The topological polar surface area (TPSA) is 92.4 Å². The molecular weight excluding hydrogens is 260 g/mol. The number of aromatic nitrogens is 2. The molecule has 1 unspecified atom stereocenters. The third-order valence-electron chi connectivity index (χ3n) is 3.61. The Morgan fingerprint density at radius 1 is 1.45 bits per heavy atom. The molecule has 1 aromatic carbocycles. The number of aliphatic hydroxyl groups is 1. The van der Waals surface area contributed by atoms with E-state index in [1.54, 1.807) is 12.3 Å². The van der Waals surface area contributed by atoms with Gasteiger partial charge < -0.3 is 10.0 Å². The Hall–Kier alpha value is -2.28. The molecule has 0 radical (unpaired) electrons. The summed E-state index contributed by atoms with van der Waals surface area (Å²) in [7, 11) is 0. The summed E-state index contributed by atoms with van der Waals surface area (Å²) in [6, 6.07) is 4.53. The van der Waals surface area contributed by atoms with Crippen LogP contribution in [-0.4, -0.2) is 39.2 Å². The van der Waals surface area contributed by atoms with Crippen LogP contribution in [0.25, 0.3) is 11.0 Å². The second-order valence-corrected chi connectivity index (χ2v) is 4.83. The highest BCUT2D eigenvalue weighted by molar-refractivity contribution is 5.78.